The number of hydrogen-bond acceptors (Lipinski definition) is 1. The molecule has 1 rings (SSSR count). The van der Waals surface area contributed by atoms with Crippen molar-refractivity contribution in [2.75, 3.05) is 7.05 Å². The molecule has 0 aromatic heterocycles. The zero-order chi connectivity index (χ0) is 8.27. The summed E-state index contributed by atoms with van der Waals surface area (Å²) >= 11 is -1.21. The molecule has 1 nitrogen and oxygen atoms in total. The van der Waals surface area contributed by atoms with Crippen LogP contribution in [0.1, 0.15) is 5.56 Å². The summed E-state index contributed by atoms with van der Waals surface area (Å²) in [6, 6.07) is 8.87. The summed E-state index contributed by atoms with van der Waals surface area (Å²) in [5.74, 6) is 0. The van der Waals surface area contributed by atoms with Gasteiger partial charge < -0.3 is 0 Å². The Bertz CT molecular complexity index is 218. The fourth-order valence-corrected chi connectivity index (χ4v) is 3.34. The summed E-state index contributed by atoms with van der Waals surface area (Å²) in [6.07, 6.45) is 0. The molecule has 0 saturated carbocycles. The van der Waals surface area contributed by atoms with Crippen LogP contribution in [0.5, 0.6) is 0 Å². The Morgan fingerprint density at radius 3 is 2.18 bits per heavy atom. The molecular weight excluding hydrogens is 244 g/mol. The Morgan fingerprint density at radius 2 is 1.73 bits per heavy atom. The second kappa shape index (κ2) is 4.13. The first kappa shape index (κ1) is 9.09. The van der Waals surface area contributed by atoms with Crippen molar-refractivity contribution >= 4 is 24.0 Å². The van der Waals surface area contributed by atoms with Gasteiger partial charge in [-0.1, -0.05) is 0 Å². The summed E-state index contributed by atoms with van der Waals surface area (Å²) < 4.78 is 4.91. The van der Waals surface area contributed by atoms with Crippen molar-refractivity contribution in [1.29, 1.82) is 0 Å². The molecule has 1 N–H and O–H groups in total. The van der Waals surface area contributed by atoms with Gasteiger partial charge in [0, 0.05) is 0 Å². The first-order chi connectivity index (χ1) is 5.24. The van der Waals surface area contributed by atoms with E-state index in [1.54, 1.807) is 0 Å². The Kier molecular flexibility index (Phi) is 3.41. The molecule has 0 aliphatic rings. The molecule has 1 radical (unpaired) electrons. The van der Waals surface area contributed by atoms with Crippen LogP contribution in [0, 0.1) is 6.92 Å². The van der Waals surface area contributed by atoms with E-state index in [4.69, 9.17) is 0 Å². The van der Waals surface area contributed by atoms with Crippen LogP contribution < -0.4 is 6.99 Å². The van der Waals surface area contributed by atoms with Crippen molar-refractivity contribution in [2.24, 2.45) is 0 Å². The summed E-state index contributed by atoms with van der Waals surface area (Å²) in [5, 5.41) is 0. The predicted molar refractivity (Wildman–Crippen MR) is 51.5 cm³/mol. The van der Waals surface area contributed by atoms with Gasteiger partial charge in [0.1, 0.15) is 0 Å². The maximum absolute atomic E-state index is 3.38. The van der Waals surface area contributed by atoms with Crippen LogP contribution in [0.3, 0.4) is 0 Å². The zero-order valence-corrected chi connectivity index (χ0v) is 9.81. The molecule has 0 atom stereocenters. The van der Waals surface area contributed by atoms with Gasteiger partial charge in [0.25, 0.3) is 0 Å². The van der Waals surface area contributed by atoms with Crippen LogP contribution >= 0.6 is 0 Å². The molecule has 2 heteroatoms. The average molecular weight is 258 g/mol. The fraction of sp³-hybridized carbons (Fsp3) is 0.333. The molecule has 0 unspecified atom stereocenters. The molecule has 0 bridgehead atoms. The second-order valence-corrected chi connectivity index (χ2v) is 8.56. The molecule has 11 heavy (non-hydrogen) atoms. The molecule has 0 heterocycles. The number of benzene rings is 1. The summed E-state index contributed by atoms with van der Waals surface area (Å²) in [4.78, 5) is 2.34. The standard InChI is InChI=1S/C7H7.CH4N.CH3.Sb/c1-7-5-3-2-4-6-7;1-2;;/h3-6H,1H3;2H,1H3;1H3;/q;-1;;+2. The molecule has 59 valence electrons. The van der Waals surface area contributed by atoms with E-state index in [1.165, 1.54) is 9.07 Å². The van der Waals surface area contributed by atoms with E-state index in [0.29, 0.717) is 0 Å². The van der Waals surface area contributed by atoms with Gasteiger partial charge in [0.05, 0.1) is 0 Å². The molecule has 0 aliphatic heterocycles. The second-order valence-electron chi connectivity index (χ2n) is 2.62. The van der Waals surface area contributed by atoms with Crippen LogP contribution in [-0.4, -0.2) is 27.5 Å². The Morgan fingerprint density at radius 1 is 1.18 bits per heavy atom. The van der Waals surface area contributed by atoms with Crippen molar-refractivity contribution in [2.45, 2.75) is 11.8 Å². The molecule has 0 aliphatic carbocycles. The zero-order valence-electron chi connectivity index (χ0n) is 7.26. The van der Waals surface area contributed by atoms with Gasteiger partial charge in [-0.3, -0.25) is 0 Å². The van der Waals surface area contributed by atoms with Crippen molar-refractivity contribution in [3.05, 3.63) is 29.8 Å². The third kappa shape index (κ3) is 2.50. The first-order valence-corrected chi connectivity index (χ1v) is 8.82. The Balaban J connectivity index is 2.81. The topological polar surface area (TPSA) is 12.0 Å². The fourth-order valence-electron chi connectivity index (χ4n) is 0.897. The first-order valence-electron chi connectivity index (χ1n) is 3.72. The van der Waals surface area contributed by atoms with Gasteiger partial charge in [-0.25, -0.2) is 0 Å². The van der Waals surface area contributed by atoms with Gasteiger partial charge in [-0.05, 0) is 0 Å². The quantitative estimate of drug-likeness (QED) is 0.781. The molecular formula is C9H14NSb+. The van der Waals surface area contributed by atoms with Crippen LogP contribution in [0.2, 0.25) is 4.87 Å². The Labute approximate surface area is 76.1 Å². The summed E-state index contributed by atoms with van der Waals surface area (Å²) in [5.41, 5.74) is 1.35. The van der Waals surface area contributed by atoms with E-state index in [2.05, 4.69) is 46.6 Å². The monoisotopic (exact) mass is 257 g/mol. The number of rotatable bonds is 2. The van der Waals surface area contributed by atoms with Crippen molar-refractivity contribution in [3.63, 3.8) is 0 Å². The molecule has 0 saturated heterocycles. The van der Waals surface area contributed by atoms with Crippen molar-refractivity contribution < 1.29 is 0 Å². The SMILES string of the molecule is C[NH][Sb+]([CH3])[c]1ccc(C)cc1. The van der Waals surface area contributed by atoms with Crippen LogP contribution in [0.15, 0.2) is 24.3 Å². The number of hydrogen-bond donors (Lipinski definition) is 1. The van der Waals surface area contributed by atoms with Crippen LogP contribution in [0.4, 0.5) is 0 Å². The van der Waals surface area contributed by atoms with Gasteiger partial charge in [0.15, 0.2) is 0 Å². The van der Waals surface area contributed by atoms with Gasteiger partial charge >= 0.3 is 76.1 Å². The summed E-state index contributed by atoms with van der Waals surface area (Å²) in [6.45, 7) is 2.13. The maximum atomic E-state index is 3.38. The molecule has 0 amide bonds. The minimum atomic E-state index is -1.21. The van der Waals surface area contributed by atoms with E-state index in [9.17, 15) is 0 Å². The molecule has 0 spiro atoms. The predicted octanol–water partition coefficient (Wildman–Crippen LogP) is 1.04. The number of aryl methyl sites for hydroxylation is 1. The third-order valence-electron chi connectivity index (χ3n) is 1.76. The van der Waals surface area contributed by atoms with E-state index in [0.717, 1.165) is 0 Å². The van der Waals surface area contributed by atoms with Crippen molar-refractivity contribution in [3.8, 4) is 0 Å². The third-order valence-corrected chi connectivity index (χ3v) is 6.73. The molecule has 1 aromatic rings. The van der Waals surface area contributed by atoms with Gasteiger partial charge in [0.2, 0.25) is 0 Å². The van der Waals surface area contributed by atoms with E-state index in [1.807, 2.05) is 0 Å². The van der Waals surface area contributed by atoms with Gasteiger partial charge in [-0.2, -0.15) is 0 Å². The normalized spacial score (nSPS) is 10.5. The van der Waals surface area contributed by atoms with E-state index in [-0.39, 0.29) is 0 Å². The average Bonchev–Trinajstić information content (AvgIpc) is 2.05. The van der Waals surface area contributed by atoms with Crippen molar-refractivity contribution in [1.82, 2.24) is 3.48 Å². The van der Waals surface area contributed by atoms with Gasteiger partial charge in [-0.15, -0.1) is 0 Å². The summed E-state index contributed by atoms with van der Waals surface area (Å²) in [7, 11) is 2.06. The molecule has 1 aromatic carbocycles. The minimum absolute atomic E-state index is 1.21. The van der Waals surface area contributed by atoms with Crippen LogP contribution in [0.25, 0.3) is 0 Å². The van der Waals surface area contributed by atoms with E-state index >= 15 is 0 Å². The van der Waals surface area contributed by atoms with Crippen LogP contribution in [-0.2, 0) is 0 Å². The molecule has 0 fully saturated rings. The number of nitrogens with one attached hydrogen (secondary N) is 1. The Hall–Kier alpha value is -0.00182. The van der Waals surface area contributed by atoms with E-state index < -0.39 is 20.5 Å².